The maximum atomic E-state index is 13.0. The molecular weight excluding hydrogens is 450 g/mol. The number of amides is 1. The molecule has 3 atom stereocenters. The van der Waals surface area contributed by atoms with E-state index in [0.29, 0.717) is 23.7 Å². The molecule has 2 aromatic rings. The summed E-state index contributed by atoms with van der Waals surface area (Å²) in [7, 11) is -3.65. The van der Waals surface area contributed by atoms with Gasteiger partial charge in [0.15, 0.2) is 6.10 Å². The summed E-state index contributed by atoms with van der Waals surface area (Å²) in [6, 6.07) is 9.07. The van der Waals surface area contributed by atoms with Gasteiger partial charge in [-0.25, -0.2) is 13.2 Å². The molecule has 1 amide bonds. The van der Waals surface area contributed by atoms with Gasteiger partial charge in [-0.1, -0.05) is 13.8 Å². The van der Waals surface area contributed by atoms with Gasteiger partial charge < -0.3 is 10.1 Å². The van der Waals surface area contributed by atoms with Crippen LogP contribution in [-0.4, -0.2) is 43.8 Å². The van der Waals surface area contributed by atoms with Gasteiger partial charge in [-0.2, -0.15) is 9.57 Å². The van der Waals surface area contributed by atoms with Crippen molar-refractivity contribution >= 4 is 38.2 Å². The number of carbonyl (C=O) groups excluding carboxylic acids is 2. The summed E-state index contributed by atoms with van der Waals surface area (Å²) in [4.78, 5) is 24.8. The Bertz CT molecular complexity index is 1130. The monoisotopic (exact) mass is 475 g/mol. The first-order chi connectivity index (χ1) is 15.1. The number of ether oxygens (including phenoxy) is 1. The van der Waals surface area contributed by atoms with Crippen LogP contribution in [0.25, 0.3) is 0 Å². The van der Waals surface area contributed by atoms with Crippen molar-refractivity contribution in [2.45, 2.75) is 38.2 Å². The quantitative estimate of drug-likeness (QED) is 0.640. The highest BCUT2D eigenvalue weighted by Crippen LogP contribution is 2.27. The second kappa shape index (κ2) is 9.81. The number of carbonyl (C=O) groups is 2. The van der Waals surface area contributed by atoms with Crippen LogP contribution in [0.2, 0.25) is 0 Å². The van der Waals surface area contributed by atoms with Crippen LogP contribution in [0.1, 0.15) is 43.1 Å². The molecule has 0 radical (unpaired) electrons. The van der Waals surface area contributed by atoms with Crippen LogP contribution in [-0.2, 0) is 19.6 Å². The molecule has 1 aliphatic rings. The van der Waals surface area contributed by atoms with Gasteiger partial charge in [0.1, 0.15) is 11.1 Å². The zero-order chi connectivity index (χ0) is 23.5. The lowest BCUT2D eigenvalue weighted by molar-refractivity contribution is -0.123. The number of nitrogens with one attached hydrogen (secondary N) is 1. The maximum absolute atomic E-state index is 13.0. The van der Waals surface area contributed by atoms with E-state index in [9.17, 15) is 18.0 Å². The highest BCUT2D eigenvalue weighted by atomic mass is 32.2. The van der Waals surface area contributed by atoms with Gasteiger partial charge in [0.05, 0.1) is 16.0 Å². The molecule has 1 aromatic carbocycles. The van der Waals surface area contributed by atoms with Crippen LogP contribution in [0.4, 0.5) is 5.00 Å². The molecule has 170 valence electrons. The number of piperidine rings is 1. The van der Waals surface area contributed by atoms with Crippen LogP contribution in [0.3, 0.4) is 0 Å². The van der Waals surface area contributed by atoms with E-state index < -0.39 is 28.0 Å². The first-order valence-electron chi connectivity index (χ1n) is 10.2. The summed E-state index contributed by atoms with van der Waals surface area (Å²) in [5, 5.41) is 13.6. The predicted molar refractivity (Wildman–Crippen MR) is 121 cm³/mol. The van der Waals surface area contributed by atoms with E-state index in [-0.39, 0.29) is 22.3 Å². The van der Waals surface area contributed by atoms with Gasteiger partial charge in [0.2, 0.25) is 10.0 Å². The van der Waals surface area contributed by atoms with Crippen molar-refractivity contribution < 1.29 is 22.7 Å². The second-order valence-corrected chi connectivity index (χ2v) is 11.0. The average Bonchev–Trinajstić information content (AvgIpc) is 3.20. The molecule has 32 heavy (non-hydrogen) atoms. The Balaban J connectivity index is 1.64. The highest BCUT2D eigenvalue weighted by Gasteiger charge is 2.31. The van der Waals surface area contributed by atoms with Crippen molar-refractivity contribution in [2.75, 3.05) is 18.4 Å². The fourth-order valence-electron chi connectivity index (χ4n) is 3.70. The molecule has 10 heteroatoms. The molecule has 0 saturated carbocycles. The van der Waals surface area contributed by atoms with Gasteiger partial charge in [-0.15, -0.1) is 11.3 Å². The number of nitriles is 1. The Morgan fingerprint density at radius 1 is 1.19 bits per heavy atom. The normalized spacial score (nSPS) is 20.2. The zero-order valence-corrected chi connectivity index (χ0v) is 19.7. The minimum absolute atomic E-state index is 0.114. The molecule has 0 aliphatic carbocycles. The first-order valence-corrected chi connectivity index (χ1v) is 12.5. The Morgan fingerprint density at radius 3 is 2.41 bits per heavy atom. The van der Waals surface area contributed by atoms with Gasteiger partial charge in [0.25, 0.3) is 5.91 Å². The molecule has 0 bridgehead atoms. The fraction of sp³-hybridized carbons (Fsp3) is 0.409. The van der Waals surface area contributed by atoms with E-state index in [1.165, 1.54) is 46.8 Å². The molecule has 8 nitrogen and oxygen atoms in total. The Morgan fingerprint density at radius 2 is 1.81 bits per heavy atom. The van der Waals surface area contributed by atoms with Gasteiger partial charge in [-0.3, -0.25) is 4.79 Å². The maximum Gasteiger partial charge on any atom is 0.338 e. The van der Waals surface area contributed by atoms with E-state index >= 15 is 0 Å². The number of hydrogen-bond acceptors (Lipinski definition) is 7. The van der Waals surface area contributed by atoms with Gasteiger partial charge >= 0.3 is 5.97 Å². The number of benzene rings is 1. The average molecular weight is 476 g/mol. The fourth-order valence-corrected chi connectivity index (χ4v) is 6.12. The number of esters is 1. The Hall–Kier alpha value is -2.74. The van der Waals surface area contributed by atoms with Crippen molar-refractivity contribution in [2.24, 2.45) is 11.8 Å². The SMILES string of the molecule is CC1CC(C)CN(S(=O)(=O)c2ccc(C(=O)OC(C)C(=O)Nc3sccc3C#N)cc2)C1. The number of sulfonamides is 1. The summed E-state index contributed by atoms with van der Waals surface area (Å²) >= 11 is 1.20. The lowest BCUT2D eigenvalue weighted by Crippen LogP contribution is -2.42. The highest BCUT2D eigenvalue weighted by molar-refractivity contribution is 7.89. The largest absolute Gasteiger partial charge is 0.449 e. The molecular formula is C22H25N3O5S2. The zero-order valence-electron chi connectivity index (χ0n) is 18.1. The van der Waals surface area contributed by atoms with Crippen molar-refractivity contribution in [1.29, 1.82) is 5.26 Å². The molecule has 1 aromatic heterocycles. The Kier molecular flexibility index (Phi) is 7.33. The van der Waals surface area contributed by atoms with Crippen molar-refractivity contribution in [3.63, 3.8) is 0 Å². The first kappa shape index (κ1) is 23.9. The third kappa shape index (κ3) is 5.35. The van der Waals surface area contributed by atoms with Crippen molar-refractivity contribution in [3.05, 3.63) is 46.8 Å². The summed E-state index contributed by atoms with van der Waals surface area (Å²) in [5.74, 6) is -0.740. The van der Waals surface area contributed by atoms with Crippen LogP contribution in [0.5, 0.6) is 0 Å². The van der Waals surface area contributed by atoms with Gasteiger partial charge in [0, 0.05) is 13.1 Å². The molecule has 1 fully saturated rings. The van der Waals surface area contributed by atoms with Crippen LogP contribution >= 0.6 is 11.3 Å². The lowest BCUT2D eigenvalue weighted by atomic mass is 9.94. The van der Waals surface area contributed by atoms with Crippen LogP contribution < -0.4 is 5.32 Å². The minimum Gasteiger partial charge on any atom is -0.449 e. The lowest BCUT2D eigenvalue weighted by Gasteiger charge is -2.34. The number of thiophene rings is 1. The number of rotatable bonds is 6. The number of hydrogen-bond donors (Lipinski definition) is 1. The molecule has 1 N–H and O–H groups in total. The summed E-state index contributed by atoms with van der Waals surface area (Å²) in [6.45, 7) is 6.44. The second-order valence-electron chi connectivity index (χ2n) is 8.10. The van der Waals surface area contributed by atoms with E-state index in [4.69, 9.17) is 10.00 Å². The van der Waals surface area contributed by atoms with Crippen LogP contribution in [0, 0.1) is 23.2 Å². The number of anilines is 1. The molecule has 0 spiro atoms. The van der Waals surface area contributed by atoms with Gasteiger partial charge in [-0.05, 0) is 60.9 Å². The predicted octanol–water partition coefficient (Wildman–Crippen LogP) is 3.47. The van der Waals surface area contributed by atoms with Crippen LogP contribution in [0.15, 0.2) is 40.6 Å². The minimum atomic E-state index is -3.65. The summed E-state index contributed by atoms with van der Waals surface area (Å²) < 4.78 is 32.6. The molecule has 3 unspecified atom stereocenters. The van der Waals surface area contributed by atoms with Crippen molar-refractivity contribution in [3.8, 4) is 6.07 Å². The Labute approximate surface area is 191 Å². The smallest absolute Gasteiger partial charge is 0.338 e. The molecule has 3 rings (SSSR count). The van der Waals surface area contributed by atoms with E-state index in [1.54, 1.807) is 11.4 Å². The third-order valence-electron chi connectivity index (χ3n) is 5.24. The molecule has 2 heterocycles. The third-order valence-corrected chi connectivity index (χ3v) is 7.91. The summed E-state index contributed by atoms with van der Waals surface area (Å²) in [6.07, 6.45) is -0.108. The standard InChI is InChI=1S/C22H25N3O5S2/c1-14-10-15(2)13-25(12-14)32(28,29)19-6-4-17(5-7-19)22(27)30-16(3)20(26)24-21-18(11-23)8-9-31-21/h4-9,14-16H,10,12-13H2,1-3H3,(H,24,26). The molecule has 1 saturated heterocycles. The van der Waals surface area contributed by atoms with E-state index in [0.717, 1.165) is 6.42 Å². The van der Waals surface area contributed by atoms with Crippen molar-refractivity contribution in [1.82, 2.24) is 4.31 Å². The van der Waals surface area contributed by atoms with E-state index in [1.807, 2.05) is 19.9 Å². The molecule has 1 aliphatic heterocycles. The number of nitrogens with zero attached hydrogens (tertiary/aromatic N) is 2. The summed E-state index contributed by atoms with van der Waals surface area (Å²) in [5.41, 5.74) is 0.467. The van der Waals surface area contributed by atoms with E-state index in [2.05, 4.69) is 5.32 Å². The topological polar surface area (TPSA) is 117 Å².